The van der Waals surface area contributed by atoms with Gasteiger partial charge in [-0.3, -0.25) is 0 Å². The van der Waals surface area contributed by atoms with Crippen LogP contribution in [0.1, 0.15) is 31.5 Å². The minimum absolute atomic E-state index is 0.849. The monoisotopic (exact) mass is 246 g/mol. The summed E-state index contributed by atoms with van der Waals surface area (Å²) >= 11 is 0. The van der Waals surface area contributed by atoms with Crippen LogP contribution >= 0.6 is 0 Å². The van der Waals surface area contributed by atoms with Crippen molar-refractivity contribution in [3.05, 3.63) is 29.1 Å². The normalized spacial score (nSPS) is 15.7. The first kappa shape index (κ1) is 13.0. The third-order valence-electron chi connectivity index (χ3n) is 3.25. The first-order valence-corrected chi connectivity index (χ1v) is 6.64. The molecule has 1 aliphatic rings. The second kappa shape index (κ2) is 5.96. The second-order valence-corrected chi connectivity index (χ2v) is 4.82. The van der Waals surface area contributed by atoms with Crippen molar-refractivity contribution in [2.45, 2.75) is 33.7 Å². The van der Waals surface area contributed by atoms with Gasteiger partial charge in [-0.15, -0.1) is 0 Å². The Morgan fingerprint density at radius 3 is 2.89 bits per heavy atom. The zero-order chi connectivity index (χ0) is 13.0. The van der Waals surface area contributed by atoms with Crippen LogP contribution in [0.15, 0.2) is 17.8 Å². The van der Waals surface area contributed by atoms with Gasteiger partial charge in [0.1, 0.15) is 0 Å². The molecule has 1 aliphatic heterocycles. The Morgan fingerprint density at radius 2 is 2.22 bits per heavy atom. The molecule has 1 aromatic rings. The van der Waals surface area contributed by atoms with Crippen molar-refractivity contribution < 1.29 is 0 Å². The number of aryl methyl sites for hydroxylation is 1. The van der Waals surface area contributed by atoms with Crippen LogP contribution in [-0.2, 0) is 6.54 Å². The molecule has 0 radical (unpaired) electrons. The molecule has 2 heterocycles. The lowest BCUT2D eigenvalue weighted by Gasteiger charge is -2.26. The molecule has 0 aliphatic carbocycles. The van der Waals surface area contributed by atoms with E-state index >= 15 is 0 Å². The van der Waals surface area contributed by atoms with Crippen LogP contribution in [0, 0.1) is 6.92 Å². The van der Waals surface area contributed by atoms with Crippen molar-refractivity contribution in [2.75, 3.05) is 24.5 Å². The molecular weight excluding hydrogens is 224 g/mol. The molecule has 2 rings (SSSR count). The minimum atomic E-state index is 0.849. The largest absolute Gasteiger partial charge is 0.337 e. The SMILES string of the molecule is CCNCc1cnc(N2CCC=C(C)C2)nc1C. The van der Waals surface area contributed by atoms with E-state index in [1.807, 2.05) is 6.20 Å². The molecule has 0 saturated heterocycles. The predicted octanol–water partition coefficient (Wildman–Crippen LogP) is 2.05. The summed E-state index contributed by atoms with van der Waals surface area (Å²) in [6, 6.07) is 0. The molecule has 0 saturated carbocycles. The van der Waals surface area contributed by atoms with Gasteiger partial charge in [-0.2, -0.15) is 0 Å². The van der Waals surface area contributed by atoms with Crippen LogP contribution in [0.5, 0.6) is 0 Å². The molecule has 1 N–H and O–H groups in total. The highest BCUT2D eigenvalue weighted by Gasteiger charge is 2.14. The van der Waals surface area contributed by atoms with Crippen molar-refractivity contribution in [3.63, 3.8) is 0 Å². The van der Waals surface area contributed by atoms with Crippen molar-refractivity contribution in [3.8, 4) is 0 Å². The average Bonchev–Trinajstić information content (AvgIpc) is 2.37. The van der Waals surface area contributed by atoms with E-state index in [0.717, 1.165) is 44.2 Å². The molecule has 0 amide bonds. The highest BCUT2D eigenvalue weighted by molar-refractivity contribution is 5.36. The fourth-order valence-corrected chi connectivity index (χ4v) is 2.15. The Kier molecular flexibility index (Phi) is 4.31. The van der Waals surface area contributed by atoms with Crippen LogP contribution in [0.3, 0.4) is 0 Å². The number of aromatic nitrogens is 2. The molecule has 0 aromatic carbocycles. The maximum Gasteiger partial charge on any atom is 0.225 e. The summed E-state index contributed by atoms with van der Waals surface area (Å²) in [5.74, 6) is 0.861. The summed E-state index contributed by atoms with van der Waals surface area (Å²) < 4.78 is 0. The smallest absolute Gasteiger partial charge is 0.225 e. The van der Waals surface area contributed by atoms with Gasteiger partial charge in [-0.05, 0) is 26.8 Å². The lowest BCUT2D eigenvalue weighted by Crippen LogP contribution is -2.31. The van der Waals surface area contributed by atoms with Crippen LogP contribution in [0.2, 0.25) is 0 Å². The molecule has 98 valence electrons. The van der Waals surface area contributed by atoms with Gasteiger partial charge in [0.2, 0.25) is 5.95 Å². The van der Waals surface area contributed by atoms with Gasteiger partial charge in [-0.1, -0.05) is 18.6 Å². The maximum absolute atomic E-state index is 4.63. The Morgan fingerprint density at radius 1 is 1.39 bits per heavy atom. The van der Waals surface area contributed by atoms with Crippen LogP contribution < -0.4 is 10.2 Å². The van der Waals surface area contributed by atoms with E-state index in [-0.39, 0.29) is 0 Å². The lowest BCUT2D eigenvalue weighted by atomic mass is 10.1. The fourth-order valence-electron chi connectivity index (χ4n) is 2.15. The third-order valence-corrected chi connectivity index (χ3v) is 3.25. The van der Waals surface area contributed by atoms with Gasteiger partial charge in [0.05, 0.1) is 0 Å². The van der Waals surface area contributed by atoms with Crippen molar-refractivity contribution in [1.82, 2.24) is 15.3 Å². The van der Waals surface area contributed by atoms with E-state index in [4.69, 9.17) is 0 Å². The third kappa shape index (κ3) is 3.07. The molecular formula is C14H22N4. The highest BCUT2D eigenvalue weighted by atomic mass is 15.2. The number of anilines is 1. The Hall–Kier alpha value is -1.42. The number of nitrogens with zero attached hydrogens (tertiary/aromatic N) is 3. The van der Waals surface area contributed by atoms with E-state index < -0.39 is 0 Å². The number of rotatable bonds is 4. The molecule has 0 atom stereocenters. The van der Waals surface area contributed by atoms with E-state index in [0.29, 0.717) is 0 Å². The van der Waals surface area contributed by atoms with Gasteiger partial charge < -0.3 is 10.2 Å². The standard InChI is InChI=1S/C14H22N4/c1-4-15-8-13-9-16-14(17-12(13)3)18-7-5-6-11(2)10-18/h6,9,15H,4-5,7-8,10H2,1-3H3. The molecule has 4 nitrogen and oxygen atoms in total. The predicted molar refractivity (Wildman–Crippen MR) is 74.7 cm³/mol. The zero-order valence-corrected chi connectivity index (χ0v) is 11.5. The molecule has 0 unspecified atom stereocenters. The fraction of sp³-hybridized carbons (Fsp3) is 0.571. The summed E-state index contributed by atoms with van der Waals surface area (Å²) in [4.78, 5) is 11.4. The number of nitrogens with one attached hydrogen (secondary N) is 1. The first-order valence-electron chi connectivity index (χ1n) is 6.64. The van der Waals surface area contributed by atoms with Crippen LogP contribution in [0.4, 0.5) is 5.95 Å². The lowest BCUT2D eigenvalue weighted by molar-refractivity contribution is 0.709. The topological polar surface area (TPSA) is 41.1 Å². The van der Waals surface area contributed by atoms with Gasteiger partial charge >= 0.3 is 0 Å². The summed E-state index contributed by atoms with van der Waals surface area (Å²) in [5, 5.41) is 3.31. The van der Waals surface area contributed by atoms with Gasteiger partial charge in [0.25, 0.3) is 0 Å². The molecule has 18 heavy (non-hydrogen) atoms. The summed E-state index contributed by atoms with van der Waals surface area (Å²) in [6.07, 6.45) is 5.34. The summed E-state index contributed by atoms with van der Waals surface area (Å²) in [7, 11) is 0. The molecule has 0 fully saturated rings. The van der Waals surface area contributed by atoms with E-state index in [9.17, 15) is 0 Å². The van der Waals surface area contributed by atoms with Gasteiger partial charge in [0.15, 0.2) is 0 Å². The highest BCUT2D eigenvalue weighted by Crippen LogP contribution is 2.16. The second-order valence-electron chi connectivity index (χ2n) is 4.82. The van der Waals surface area contributed by atoms with Crippen LogP contribution in [-0.4, -0.2) is 29.6 Å². The number of hydrogen-bond acceptors (Lipinski definition) is 4. The van der Waals surface area contributed by atoms with E-state index in [2.05, 4.69) is 47.0 Å². The van der Waals surface area contributed by atoms with E-state index in [1.165, 1.54) is 11.1 Å². The Balaban J connectivity index is 2.11. The Bertz CT molecular complexity index is 439. The zero-order valence-electron chi connectivity index (χ0n) is 11.5. The first-order chi connectivity index (χ1) is 8.70. The molecule has 0 bridgehead atoms. The summed E-state index contributed by atoms with van der Waals surface area (Å²) in [5.41, 5.74) is 3.66. The summed E-state index contributed by atoms with van der Waals surface area (Å²) in [6.45, 7) is 10.1. The van der Waals surface area contributed by atoms with Crippen LogP contribution in [0.25, 0.3) is 0 Å². The van der Waals surface area contributed by atoms with Gasteiger partial charge in [-0.25, -0.2) is 9.97 Å². The quantitative estimate of drug-likeness (QED) is 0.826. The van der Waals surface area contributed by atoms with Crippen molar-refractivity contribution in [2.24, 2.45) is 0 Å². The molecule has 1 aromatic heterocycles. The van der Waals surface area contributed by atoms with Crippen molar-refractivity contribution in [1.29, 1.82) is 0 Å². The minimum Gasteiger partial charge on any atom is -0.337 e. The van der Waals surface area contributed by atoms with Gasteiger partial charge in [0, 0.05) is 37.1 Å². The number of hydrogen-bond donors (Lipinski definition) is 1. The molecule has 0 spiro atoms. The average molecular weight is 246 g/mol. The maximum atomic E-state index is 4.63. The molecule has 4 heteroatoms. The Labute approximate surface area is 109 Å². The van der Waals surface area contributed by atoms with E-state index in [1.54, 1.807) is 0 Å². The van der Waals surface area contributed by atoms with Crippen molar-refractivity contribution >= 4 is 5.95 Å².